The summed E-state index contributed by atoms with van der Waals surface area (Å²) in [5.74, 6) is -0.751. The van der Waals surface area contributed by atoms with Crippen LogP contribution in [0.5, 0.6) is 0 Å². The molecule has 1 aromatic carbocycles. The smallest absolute Gasteiger partial charge is 0.339 e. The molecule has 0 aliphatic heterocycles. The molecule has 1 amide bonds. The maximum absolute atomic E-state index is 12.5. The van der Waals surface area contributed by atoms with Gasteiger partial charge in [0.15, 0.2) is 6.61 Å². The topological polar surface area (TPSA) is 59.5 Å². The number of hydrogen-bond donors (Lipinski definition) is 0. The van der Waals surface area contributed by atoms with E-state index in [4.69, 9.17) is 4.74 Å². The van der Waals surface area contributed by atoms with Crippen LogP contribution in [0.15, 0.2) is 41.1 Å². The molecule has 2 heterocycles. The Morgan fingerprint density at radius 2 is 2.00 bits per heavy atom. The van der Waals surface area contributed by atoms with Crippen LogP contribution in [0, 0.1) is 13.8 Å². The molecule has 0 fully saturated rings. The molecule has 0 saturated carbocycles. The van der Waals surface area contributed by atoms with Crippen molar-refractivity contribution in [3.63, 3.8) is 0 Å². The number of benzene rings is 1. The molecule has 26 heavy (non-hydrogen) atoms. The largest absolute Gasteiger partial charge is 0.452 e. The molecule has 0 spiro atoms. The summed E-state index contributed by atoms with van der Waals surface area (Å²) in [5.41, 5.74) is 3.99. The van der Waals surface area contributed by atoms with Gasteiger partial charge in [-0.3, -0.25) is 9.78 Å². The van der Waals surface area contributed by atoms with Gasteiger partial charge < -0.3 is 9.64 Å². The average Bonchev–Trinajstić information content (AvgIpc) is 3.12. The number of hydrogen-bond acceptors (Lipinski definition) is 5. The number of amides is 1. The van der Waals surface area contributed by atoms with Crippen molar-refractivity contribution in [2.75, 3.05) is 13.7 Å². The molecule has 0 N–H and O–H groups in total. The van der Waals surface area contributed by atoms with Crippen molar-refractivity contribution in [1.29, 1.82) is 0 Å². The van der Waals surface area contributed by atoms with Crippen LogP contribution in [0.25, 0.3) is 10.9 Å². The maximum atomic E-state index is 12.5. The van der Waals surface area contributed by atoms with Crippen molar-refractivity contribution >= 4 is 34.1 Å². The van der Waals surface area contributed by atoms with Gasteiger partial charge in [0, 0.05) is 24.7 Å². The molecule has 3 aromatic rings. The van der Waals surface area contributed by atoms with Gasteiger partial charge in [0.2, 0.25) is 0 Å². The number of esters is 1. The van der Waals surface area contributed by atoms with Gasteiger partial charge in [-0.1, -0.05) is 11.6 Å². The van der Waals surface area contributed by atoms with Gasteiger partial charge in [0.25, 0.3) is 5.91 Å². The fraction of sp³-hybridized carbons (Fsp3) is 0.250. The summed E-state index contributed by atoms with van der Waals surface area (Å²) in [5, 5.41) is 4.69. The lowest BCUT2D eigenvalue weighted by molar-refractivity contribution is -0.133. The number of likely N-dealkylation sites (N-methyl/N-ethyl adjacent to an activating group) is 1. The summed E-state index contributed by atoms with van der Waals surface area (Å²) >= 11 is 1.58. The molecule has 134 valence electrons. The Morgan fingerprint density at radius 3 is 2.73 bits per heavy atom. The lowest BCUT2D eigenvalue weighted by Crippen LogP contribution is -2.30. The van der Waals surface area contributed by atoms with E-state index in [1.807, 2.05) is 48.9 Å². The Kier molecular flexibility index (Phi) is 5.32. The molecule has 0 atom stereocenters. The summed E-state index contributed by atoms with van der Waals surface area (Å²) in [6, 6.07) is 9.41. The number of pyridine rings is 1. The average molecular weight is 368 g/mol. The second-order valence-electron chi connectivity index (χ2n) is 6.29. The van der Waals surface area contributed by atoms with Gasteiger partial charge in [-0.05, 0) is 54.4 Å². The molecule has 6 heteroatoms. The van der Waals surface area contributed by atoms with E-state index in [0.717, 1.165) is 27.7 Å². The van der Waals surface area contributed by atoms with E-state index < -0.39 is 5.97 Å². The number of nitrogens with zero attached hydrogens (tertiary/aromatic N) is 2. The number of aryl methyl sites for hydroxylation is 2. The molecular formula is C20H20N2O3S. The van der Waals surface area contributed by atoms with E-state index in [1.54, 1.807) is 29.4 Å². The van der Waals surface area contributed by atoms with Crippen LogP contribution >= 0.6 is 11.3 Å². The number of rotatable bonds is 5. The molecule has 3 rings (SSSR count). The summed E-state index contributed by atoms with van der Waals surface area (Å²) < 4.78 is 5.28. The minimum absolute atomic E-state index is 0.240. The summed E-state index contributed by atoms with van der Waals surface area (Å²) in [6.07, 6.45) is 0. The highest BCUT2D eigenvalue weighted by Gasteiger charge is 2.17. The zero-order chi connectivity index (χ0) is 18.7. The summed E-state index contributed by atoms with van der Waals surface area (Å²) in [6.45, 7) is 4.00. The van der Waals surface area contributed by atoms with E-state index in [9.17, 15) is 9.59 Å². The number of thiophene rings is 1. The molecule has 0 bridgehead atoms. The first-order valence-electron chi connectivity index (χ1n) is 8.24. The van der Waals surface area contributed by atoms with Crippen molar-refractivity contribution in [3.8, 4) is 0 Å². The van der Waals surface area contributed by atoms with Crippen LogP contribution in [0.2, 0.25) is 0 Å². The van der Waals surface area contributed by atoms with Crippen LogP contribution < -0.4 is 0 Å². The fourth-order valence-corrected chi connectivity index (χ4v) is 3.36. The van der Waals surface area contributed by atoms with E-state index in [1.165, 1.54) is 0 Å². The zero-order valence-electron chi connectivity index (χ0n) is 15.0. The van der Waals surface area contributed by atoms with Crippen molar-refractivity contribution < 1.29 is 14.3 Å². The quantitative estimate of drug-likeness (QED) is 0.644. The van der Waals surface area contributed by atoms with Crippen LogP contribution in [0.3, 0.4) is 0 Å². The van der Waals surface area contributed by atoms with Crippen molar-refractivity contribution in [3.05, 3.63) is 63.5 Å². The van der Waals surface area contributed by atoms with Gasteiger partial charge >= 0.3 is 5.97 Å². The minimum atomic E-state index is -0.511. The lowest BCUT2D eigenvalue weighted by Gasteiger charge is -2.16. The van der Waals surface area contributed by atoms with Crippen molar-refractivity contribution in [2.24, 2.45) is 0 Å². The Labute approximate surface area is 156 Å². The monoisotopic (exact) mass is 368 g/mol. The Hall–Kier alpha value is -2.73. The Morgan fingerprint density at radius 1 is 1.19 bits per heavy atom. The number of fused-ring (bicyclic) bond motifs is 1. The minimum Gasteiger partial charge on any atom is -0.452 e. The highest BCUT2D eigenvalue weighted by atomic mass is 32.1. The second kappa shape index (κ2) is 7.66. The maximum Gasteiger partial charge on any atom is 0.339 e. The normalized spacial score (nSPS) is 10.7. The van der Waals surface area contributed by atoms with Crippen LogP contribution in [0.4, 0.5) is 0 Å². The molecule has 0 radical (unpaired) electrons. The molecular weight excluding hydrogens is 348 g/mol. The van der Waals surface area contributed by atoms with Crippen LogP contribution in [-0.2, 0) is 16.1 Å². The highest BCUT2D eigenvalue weighted by molar-refractivity contribution is 7.07. The summed E-state index contributed by atoms with van der Waals surface area (Å²) in [4.78, 5) is 30.8. The molecule has 0 saturated heterocycles. The molecule has 0 unspecified atom stereocenters. The molecule has 5 nitrogen and oxygen atoms in total. The number of carbonyl (C=O) groups excluding carboxylic acids is 2. The number of carbonyl (C=O) groups is 2. The third-order valence-electron chi connectivity index (χ3n) is 4.06. The predicted octanol–water partition coefficient (Wildman–Crippen LogP) is 3.73. The van der Waals surface area contributed by atoms with Crippen LogP contribution in [-0.4, -0.2) is 35.4 Å². The van der Waals surface area contributed by atoms with Gasteiger partial charge in [-0.25, -0.2) is 4.79 Å². The van der Waals surface area contributed by atoms with Gasteiger partial charge in [0.05, 0.1) is 11.1 Å². The van der Waals surface area contributed by atoms with E-state index in [2.05, 4.69) is 4.98 Å². The first kappa shape index (κ1) is 18.1. The van der Waals surface area contributed by atoms with E-state index >= 15 is 0 Å². The first-order valence-corrected chi connectivity index (χ1v) is 9.18. The fourth-order valence-electron chi connectivity index (χ4n) is 2.70. The third kappa shape index (κ3) is 4.08. The predicted molar refractivity (Wildman–Crippen MR) is 102 cm³/mol. The standard InChI is InChI=1S/C20H20N2O3S/c1-13-4-5-18-16(8-13)17(9-14(2)21-18)20(24)25-11-19(23)22(3)10-15-6-7-26-12-15/h4-9,12H,10-11H2,1-3H3. The highest BCUT2D eigenvalue weighted by Crippen LogP contribution is 2.21. The number of aromatic nitrogens is 1. The lowest BCUT2D eigenvalue weighted by atomic mass is 10.1. The van der Waals surface area contributed by atoms with Crippen molar-refractivity contribution in [2.45, 2.75) is 20.4 Å². The van der Waals surface area contributed by atoms with Gasteiger partial charge in [-0.2, -0.15) is 11.3 Å². The second-order valence-corrected chi connectivity index (χ2v) is 7.07. The van der Waals surface area contributed by atoms with Gasteiger partial charge in [-0.15, -0.1) is 0 Å². The van der Waals surface area contributed by atoms with Crippen molar-refractivity contribution in [1.82, 2.24) is 9.88 Å². The Bertz CT molecular complexity index is 951. The van der Waals surface area contributed by atoms with E-state index in [-0.39, 0.29) is 12.5 Å². The van der Waals surface area contributed by atoms with Gasteiger partial charge in [0.1, 0.15) is 0 Å². The zero-order valence-corrected chi connectivity index (χ0v) is 15.8. The molecule has 0 aliphatic carbocycles. The van der Waals surface area contributed by atoms with Crippen LogP contribution in [0.1, 0.15) is 27.2 Å². The first-order chi connectivity index (χ1) is 12.4. The molecule has 0 aliphatic rings. The third-order valence-corrected chi connectivity index (χ3v) is 4.80. The van der Waals surface area contributed by atoms with E-state index in [0.29, 0.717) is 12.1 Å². The number of ether oxygens (including phenoxy) is 1. The Balaban J connectivity index is 1.71. The SMILES string of the molecule is Cc1ccc2nc(C)cc(C(=O)OCC(=O)N(C)Cc3ccsc3)c2c1. The molecule has 2 aromatic heterocycles. The summed E-state index contributed by atoms with van der Waals surface area (Å²) in [7, 11) is 1.70.